The molecule has 1 aromatic rings. The van der Waals surface area contributed by atoms with E-state index in [-0.39, 0.29) is 6.04 Å². The summed E-state index contributed by atoms with van der Waals surface area (Å²) in [5.41, 5.74) is 6.99. The van der Waals surface area contributed by atoms with Crippen molar-refractivity contribution < 1.29 is 9.47 Å². The molecule has 4 nitrogen and oxygen atoms in total. The number of benzene rings is 1. The van der Waals surface area contributed by atoms with Crippen molar-refractivity contribution in [2.45, 2.75) is 32.7 Å². The lowest BCUT2D eigenvalue weighted by Gasteiger charge is -2.23. The van der Waals surface area contributed by atoms with Gasteiger partial charge in [-0.2, -0.15) is 0 Å². The molecule has 1 unspecified atom stereocenters. The van der Waals surface area contributed by atoms with Gasteiger partial charge in [0.15, 0.2) is 0 Å². The summed E-state index contributed by atoms with van der Waals surface area (Å²) < 4.78 is 10.7. The molecule has 0 radical (unpaired) electrons. The molecule has 0 amide bonds. The van der Waals surface area contributed by atoms with Crippen molar-refractivity contribution in [3.05, 3.63) is 23.8 Å². The van der Waals surface area contributed by atoms with Crippen LogP contribution < -0.4 is 20.5 Å². The summed E-state index contributed by atoms with van der Waals surface area (Å²) in [6.45, 7) is 5.94. The fourth-order valence-corrected chi connectivity index (χ4v) is 2.32. The second-order valence-electron chi connectivity index (χ2n) is 4.99. The SMILES string of the molecule is CCC(CC)CNC(CN)c1cc(OC)ccc1OC. The third-order valence-electron chi connectivity index (χ3n) is 3.86. The lowest BCUT2D eigenvalue weighted by molar-refractivity contribution is 0.378. The van der Waals surface area contributed by atoms with Gasteiger partial charge in [-0.15, -0.1) is 0 Å². The quantitative estimate of drug-likeness (QED) is 0.730. The second-order valence-corrected chi connectivity index (χ2v) is 4.99. The molecule has 0 spiro atoms. The van der Waals surface area contributed by atoms with Gasteiger partial charge in [0.1, 0.15) is 11.5 Å². The highest BCUT2D eigenvalue weighted by atomic mass is 16.5. The molecule has 0 saturated carbocycles. The highest BCUT2D eigenvalue weighted by Gasteiger charge is 2.16. The molecule has 0 fully saturated rings. The Morgan fingerprint density at radius 1 is 1.15 bits per heavy atom. The van der Waals surface area contributed by atoms with Gasteiger partial charge in [-0.25, -0.2) is 0 Å². The first-order valence-electron chi connectivity index (χ1n) is 7.35. The van der Waals surface area contributed by atoms with Gasteiger partial charge in [0.2, 0.25) is 0 Å². The zero-order chi connectivity index (χ0) is 15.0. The van der Waals surface area contributed by atoms with E-state index in [9.17, 15) is 0 Å². The van der Waals surface area contributed by atoms with Crippen LogP contribution in [-0.2, 0) is 0 Å². The van der Waals surface area contributed by atoms with Gasteiger partial charge >= 0.3 is 0 Å². The maximum Gasteiger partial charge on any atom is 0.123 e. The fraction of sp³-hybridized carbons (Fsp3) is 0.625. The van der Waals surface area contributed by atoms with Crippen LogP contribution in [0.4, 0.5) is 0 Å². The van der Waals surface area contributed by atoms with Gasteiger partial charge < -0.3 is 20.5 Å². The van der Waals surface area contributed by atoms with Gasteiger partial charge in [-0.05, 0) is 30.7 Å². The molecular formula is C16H28N2O2. The van der Waals surface area contributed by atoms with Crippen molar-refractivity contribution in [2.24, 2.45) is 11.7 Å². The predicted octanol–water partition coefficient (Wildman–Crippen LogP) is 2.73. The molecule has 0 aliphatic heterocycles. The van der Waals surface area contributed by atoms with Crippen LogP contribution in [-0.4, -0.2) is 27.3 Å². The Bertz CT molecular complexity index is 392. The summed E-state index contributed by atoms with van der Waals surface area (Å²) in [6, 6.07) is 5.91. The zero-order valence-corrected chi connectivity index (χ0v) is 13.1. The third-order valence-corrected chi connectivity index (χ3v) is 3.86. The van der Waals surface area contributed by atoms with E-state index in [4.69, 9.17) is 15.2 Å². The van der Waals surface area contributed by atoms with E-state index in [1.807, 2.05) is 18.2 Å². The molecule has 1 aromatic carbocycles. The lowest BCUT2D eigenvalue weighted by Crippen LogP contribution is -2.32. The van der Waals surface area contributed by atoms with Crippen LogP contribution in [0.1, 0.15) is 38.3 Å². The van der Waals surface area contributed by atoms with Crippen LogP contribution in [0.2, 0.25) is 0 Å². The molecule has 0 saturated heterocycles. The molecular weight excluding hydrogens is 252 g/mol. The minimum absolute atomic E-state index is 0.0839. The van der Waals surface area contributed by atoms with Crippen LogP contribution in [0.3, 0.4) is 0 Å². The fourth-order valence-electron chi connectivity index (χ4n) is 2.32. The van der Waals surface area contributed by atoms with E-state index >= 15 is 0 Å². The molecule has 0 aliphatic carbocycles. The van der Waals surface area contributed by atoms with Crippen molar-refractivity contribution >= 4 is 0 Å². The first-order valence-corrected chi connectivity index (χ1v) is 7.35. The largest absolute Gasteiger partial charge is 0.497 e. The van der Waals surface area contributed by atoms with E-state index in [0.29, 0.717) is 12.5 Å². The number of hydrogen-bond donors (Lipinski definition) is 2. The Morgan fingerprint density at radius 3 is 2.35 bits per heavy atom. The maximum absolute atomic E-state index is 5.93. The third kappa shape index (κ3) is 4.39. The lowest BCUT2D eigenvalue weighted by atomic mass is 10.0. The number of nitrogens with one attached hydrogen (secondary N) is 1. The molecule has 114 valence electrons. The normalized spacial score (nSPS) is 12.5. The Labute approximate surface area is 122 Å². The van der Waals surface area contributed by atoms with Crippen LogP contribution in [0, 0.1) is 5.92 Å². The highest BCUT2D eigenvalue weighted by molar-refractivity contribution is 5.42. The van der Waals surface area contributed by atoms with Crippen molar-refractivity contribution in [1.29, 1.82) is 0 Å². The highest BCUT2D eigenvalue weighted by Crippen LogP contribution is 2.29. The van der Waals surface area contributed by atoms with Crippen LogP contribution in [0.5, 0.6) is 11.5 Å². The number of hydrogen-bond acceptors (Lipinski definition) is 4. The minimum Gasteiger partial charge on any atom is -0.497 e. The first kappa shape index (κ1) is 16.8. The van der Waals surface area contributed by atoms with E-state index in [2.05, 4.69) is 19.2 Å². The molecule has 4 heteroatoms. The van der Waals surface area contributed by atoms with Gasteiger partial charge in [0.05, 0.1) is 14.2 Å². The van der Waals surface area contributed by atoms with Crippen LogP contribution in [0.25, 0.3) is 0 Å². The molecule has 1 rings (SSSR count). The Balaban J connectivity index is 2.87. The Kier molecular flexibility index (Phi) is 7.41. The standard InChI is InChI=1S/C16H28N2O2/c1-5-12(6-2)11-18-15(10-17)14-9-13(19-3)7-8-16(14)20-4/h7-9,12,15,18H,5-6,10-11,17H2,1-4H3. The predicted molar refractivity (Wildman–Crippen MR) is 83.4 cm³/mol. The van der Waals surface area contributed by atoms with E-state index < -0.39 is 0 Å². The average Bonchev–Trinajstić information content (AvgIpc) is 2.51. The van der Waals surface area contributed by atoms with E-state index in [0.717, 1.165) is 23.6 Å². The molecule has 0 aliphatic rings. The van der Waals surface area contributed by atoms with Crippen molar-refractivity contribution in [2.75, 3.05) is 27.3 Å². The summed E-state index contributed by atoms with van der Waals surface area (Å²) in [5.74, 6) is 2.35. The summed E-state index contributed by atoms with van der Waals surface area (Å²) in [5, 5.41) is 3.55. The average molecular weight is 280 g/mol. The van der Waals surface area contributed by atoms with Crippen molar-refractivity contribution in [3.8, 4) is 11.5 Å². The van der Waals surface area contributed by atoms with E-state index in [1.165, 1.54) is 12.8 Å². The Morgan fingerprint density at radius 2 is 1.85 bits per heavy atom. The smallest absolute Gasteiger partial charge is 0.123 e. The zero-order valence-electron chi connectivity index (χ0n) is 13.1. The minimum atomic E-state index is 0.0839. The first-order chi connectivity index (χ1) is 9.69. The molecule has 3 N–H and O–H groups in total. The van der Waals surface area contributed by atoms with Crippen LogP contribution >= 0.6 is 0 Å². The Hall–Kier alpha value is -1.26. The van der Waals surface area contributed by atoms with Gasteiger partial charge in [0.25, 0.3) is 0 Å². The van der Waals surface area contributed by atoms with Gasteiger partial charge in [-0.3, -0.25) is 0 Å². The number of rotatable bonds is 9. The topological polar surface area (TPSA) is 56.5 Å². The van der Waals surface area contributed by atoms with Crippen LogP contribution in [0.15, 0.2) is 18.2 Å². The number of methoxy groups -OCH3 is 2. The van der Waals surface area contributed by atoms with E-state index in [1.54, 1.807) is 14.2 Å². The molecule has 20 heavy (non-hydrogen) atoms. The van der Waals surface area contributed by atoms with Crippen molar-refractivity contribution in [1.82, 2.24) is 5.32 Å². The second kappa shape index (κ2) is 8.82. The van der Waals surface area contributed by atoms with Gasteiger partial charge in [-0.1, -0.05) is 26.7 Å². The molecule has 0 bridgehead atoms. The summed E-state index contributed by atoms with van der Waals surface area (Å²) in [6.07, 6.45) is 2.35. The molecule has 0 aromatic heterocycles. The number of ether oxygens (including phenoxy) is 2. The van der Waals surface area contributed by atoms with Gasteiger partial charge in [0, 0.05) is 18.2 Å². The summed E-state index contributed by atoms with van der Waals surface area (Å²) in [7, 11) is 3.35. The molecule has 0 heterocycles. The summed E-state index contributed by atoms with van der Waals surface area (Å²) >= 11 is 0. The number of nitrogens with two attached hydrogens (primary N) is 1. The van der Waals surface area contributed by atoms with Crippen molar-refractivity contribution in [3.63, 3.8) is 0 Å². The molecule has 1 atom stereocenters. The monoisotopic (exact) mass is 280 g/mol. The summed E-state index contributed by atoms with van der Waals surface area (Å²) in [4.78, 5) is 0. The maximum atomic E-state index is 5.93.